The lowest BCUT2D eigenvalue weighted by molar-refractivity contribution is 0.0728. The monoisotopic (exact) mass is 391 g/mol. The fourth-order valence-corrected chi connectivity index (χ4v) is 4.01. The van der Waals surface area contributed by atoms with Gasteiger partial charge in [-0.1, -0.05) is 26.0 Å². The standard InChI is InChI=1S/C18H22BrN3O2/c1-11(2)16-15(19)17(21-20-16)18(23)22-9-5-8-14(22)12-6-4-7-13(10-12)24-3/h4,6-7,10-11,14H,5,8-9H2,1-3H3,(H,20,21). The number of rotatable bonds is 4. The molecule has 1 aromatic heterocycles. The molecular weight excluding hydrogens is 370 g/mol. The van der Waals surface area contributed by atoms with Crippen molar-refractivity contribution in [2.24, 2.45) is 0 Å². The Labute approximate surface area is 150 Å². The van der Waals surface area contributed by atoms with E-state index in [0.717, 1.165) is 40.9 Å². The summed E-state index contributed by atoms with van der Waals surface area (Å²) in [4.78, 5) is 14.9. The van der Waals surface area contributed by atoms with E-state index in [4.69, 9.17) is 4.74 Å². The van der Waals surface area contributed by atoms with E-state index in [-0.39, 0.29) is 17.9 Å². The number of nitrogens with zero attached hydrogens (tertiary/aromatic N) is 2. The van der Waals surface area contributed by atoms with Crippen molar-refractivity contribution in [2.45, 2.75) is 38.6 Å². The molecule has 3 rings (SSSR count). The maximum absolute atomic E-state index is 13.0. The predicted octanol–water partition coefficient (Wildman–Crippen LogP) is 4.28. The van der Waals surface area contributed by atoms with Crippen molar-refractivity contribution in [3.63, 3.8) is 0 Å². The zero-order chi connectivity index (χ0) is 17.3. The number of hydrogen-bond acceptors (Lipinski definition) is 3. The SMILES string of the molecule is COc1cccc(C2CCCN2C(=O)c2n[nH]c(C(C)C)c2Br)c1. The highest BCUT2D eigenvalue weighted by atomic mass is 79.9. The Morgan fingerprint density at radius 1 is 1.46 bits per heavy atom. The van der Waals surface area contributed by atoms with E-state index in [2.05, 4.69) is 46.0 Å². The molecule has 1 saturated heterocycles. The molecule has 1 atom stereocenters. The van der Waals surface area contributed by atoms with Gasteiger partial charge in [0.25, 0.3) is 5.91 Å². The topological polar surface area (TPSA) is 58.2 Å². The van der Waals surface area contributed by atoms with Crippen LogP contribution in [0.15, 0.2) is 28.7 Å². The smallest absolute Gasteiger partial charge is 0.276 e. The quantitative estimate of drug-likeness (QED) is 0.845. The highest BCUT2D eigenvalue weighted by Crippen LogP contribution is 2.36. The molecule has 1 fully saturated rings. The van der Waals surface area contributed by atoms with Crippen LogP contribution in [0.5, 0.6) is 5.75 Å². The van der Waals surface area contributed by atoms with Crippen LogP contribution in [0.4, 0.5) is 0 Å². The van der Waals surface area contributed by atoms with Crippen LogP contribution in [0.25, 0.3) is 0 Å². The second-order valence-electron chi connectivity index (χ2n) is 6.39. The summed E-state index contributed by atoms with van der Waals surface area (Å²) in [5.41, 5.74) is 2.53. The second-order valence-corrected chi connectivity index (χ2v) is 7.18. The van der Waals surface area contributed by atoms with Gasteiger partial charge in [0, 0.05) is 6.54 Å². The summed E-state index contributed by atoms with van der Waals surface area (Å²) in [5, 5.41) is 7.24. The van der Waals surface area contributed by atoms with Crippen LogP contribution < -0.4 is 4.74 Å². The molecule has 2 heterocycles. The highest BCUT2D eigenvalue weighted by Gasteiger charge is 2.33. The van der Waals surface area contributed by atoms with Gasteiger partial charge in [-0.2, -0.15) is 5.10 Å². The van der Waals surface area contributed by atoms with E-state index in [1.54, 1.807) is 7.11 Å². The summed E-state index contributed by atoms with van der Waals surface area (Å²) >= 11 is 3.54. The molecule has 1 aromatic carbocycles. The van der Waals surface area contributed by atoms with E-state index < -0.39 is 0 Å². The number of likely N-dealkylation sites (tertiary alicyclic amines) is 1. The van der Waals surface area contributed by atoms with Crippen molar-refractivity contribution < 1.29 is 9.53 Å². The molecule has 1 amide bonds. The molecule has 128 valence electrons. The average Bonchev–Trinajstić information content (AvgIpc) is 3.21. The van der Waals surface area contributed by atoms with Gasteiger partial charge in [0.2, 0.25) is 0 Å². The van der Waals surface area contributed by atoms with Crippen molar-refractivity contribution in [1.29, 1.82) is 0 Å². The minimum atomic E-state index is -0.0321. The van der Waals surface area contributed by atoms with Crippen LogP contribution in [0.2, 0.25) is 0 Å². The van der Waals surface area contributed by atoms with E-state index in [1.165, 1.54) is 0 Å². The predicted molar refractivity (Wildman–Crippen MR) is 96.4 cm³/mol. The summed E-state index contributed by atoms with van der Waals surface area (Å²) in [6.07, 6.45) is 1.95. The Bertz CT molecular complexity index is 742. The largest absolute Gasteiger partial charge is 0.497 e. The first-order chi connectivity index (χ1) is 11.5. The molecule has 0 bridgehead atoms. The van der Waals surface area contributed by atoms with Crippen LogP contribution in [-0.2, 0) is 0 Å². The summed E-state index contributed by atoms with van der Waals surface area (Å²) in [6, 6.07) is 8.02. The molecule has 0 spiro atoms. The minimum Gasteiger partial charge on any atom is -0.497 e. The highest BCUT2D eigenvalue weighted by molar-refractivity contribution is 9.10. The van der Waals surface area contributed by atoms with Crippen LogP contribution in [-0.4, -0.2) is 34.7 Å². The Kier molecular flexibility index (Phi) is 4.94. The molecule has 0 aliphatic carbocycles. The van der Waals surface area contributed by atoms with Crippen molar-refractivity contribution >= 4 is 21.8 Å². The molecule has 1 unspecified atom stereocenters. The number of benzene rings is 1. The zero-order valence-electron chi connectivity index (χ0n) is 14.2. The van der Waals surface area contributed by atoms with Crippen molar-refractivity contribution in [3.05, 3.63) is 45.7 Å². The van der Waals surface area contributed by atoms with Gasteiger partial charge in [-0.15, -0.1) is 0 Å². The third kappa shape index (κ3) is 3.07. The fourth-order valence-electron chi connectivity index (χ4n) is 3.21. The molecule has 2 aromatic rings. The van der Waals surface area contributed by atoms with Crippen LogP contribution >= 0.6 is 15.9 Å². The Morgan fingerprint density at radius 2 is 2.25 bits per heavy atom. The molecule has 1 aliphatic heterocycles. The van der Waals surface area contributed by atoms with Gasteiger partial charge in [-0.05, 0) is 52.4 Å². The lowest BCUT2D eigenvalue weighted by Gasteiger charge is -2.24. The number of methoxy groups -OCH3 is 1. The van der Waals surface area contributed by atoms with Crippen LogP contribution in [0.3, 0.4) is 0 Å². The number of hydrogen-bond donors (Lipinski definition) is 1. The third-order valence-corrected chi connectivity index (χ3v) is 5.31. The van der Waals surface area contributed by atoms with Gasteiger partial charge >= 0.3 is 0 Å². The number of aromatic amines is 1. The van der Waals surface area contributed by atoms with E-state index >= 15 is 0 Å². The van der Waals surface area contributed by atoms with Gasteiger partial charge < -0.3 is 9.64 Å². The normalized spacial score (nSPS) is 17.5. The molecular formula is C18H22BrN3O2. The summed E-state index contributed by atoms with van der Waals surface area (Å²) < 4.78 is 6.09. The Hall–Kier alpha value is -1.82. The number of ether oxygens (including phenoxy) is 1. The molecule has 1 aliphatic rings. The lowest BCUT2D eigenvalue weighted by Crippen LogP contribution is -2.31. The number of carbonyl (C=O) groups is 1. The van der Waals surface area contributed by atoms with Gasteiger partial charge in [-0.3, -0.25) is 9.89 Å². The summed E-state index contributed by atoms with van der Waals surface area (Å²) in [7, 11) is 1.66. The van der Waals surface area contributed by atoms with Gasteiger partial charge in [0.15, 0.2) is 5.69 Å². The Balaban J connectivity index is 1.89. The first-order valence-corrected chi connectivity index (χ1v) is 9.01. The summed E-state index contributed by atoms with van der Waals surface area (Å²) in [6.45, 7) is 4.89. The molecule has 6 heteroatoms. The molecule has 24 heavy (non-hydrogen) atoms. The number of amides is 1. The molecule has 5 nitrogen and oxygen atoms in total. The van der Waals surface area contributed by atoms with Crippen LogP contribution in [0.1, 0.15) is 60.4 Å². The number of H-pyrrole nitrogens is 1. The van der Waals surface area contributed by atoms with Crippen molar-refractivity contribution in [3.8, 4) is 5.75 Å². The maximum atomic E-state index is 13.0. The van der Waals surface area contributed by atoms with Gasteiger partial charge in [0.1, 0.15) is 5.75 Å². The third-order valence-electron chi connectivity index (χ3n) is 4.50. The number of halogens is 1. The maximum Gasteiger partial charge on any atom is 0.276 e. The molecule has 0 radical (unpaired) electrons. The van der Waals surface area contributed by atoms with Gasteiger partial charge in [0.05, 0.1) is 23.3 Å². The van der Waals surface area contributed by atoms with Crippen molar-refractivity contribution in [1.82, 2.24) is 15.1 Å². The zero-order valence-corrected chi connectivity index (χ0v) is 15.8. The number of carbonyl (C=O) groups excluding carboxylic acids is 1. The minimum absolute atomic E-state index is 0.0321. The first-order valence-electron chi connectivity index (χ1n) is 8.21. The second kappa shape index (κ2) is 6.97. The van der Waals surface area contributed by atoms with E-state index in [9.17, 15) is 4.79 Å². The van der Waals surface area contributed by atoms with Crippen LogP contribution in [0, 0.1) is 0 Å². The van der Waals surface area contributed by atoms with Crippen molar-refractivity contribution in [2.75, 3.05) is 13.7 Å². The Morgan fingerprint density at radius 3 is 2.92 bits per heavy atom. The number of aromatic nitrogens is 2. The summed E-state index contributed by atoms with van der Waals surface area (Å²) in [5.74, 6) is 1.06. The first kappa shape index (κ1) is 17.0. The molecule has 1 N–H and O–H groups in total. The van der Waals surface area contributed by atoms with E-state index in [1.807, 2.05) is 23.1 Å². The van der Waals surface area contributed by atoms with E-state index in [0.29, 0.717) is 5.69 Å². The van der Waals surface area contributed by atoms with Gasteiger partial charge in [-0.25, -0.2) is 0 Å². The number of nitrogens with one attached hydrogen (secondary N) is 1. The lowest BCUT2D eigenvalue weighted by atomic mass is 10.0. The molecule has 0 saturated carbocycles. The fraction of sp³-hybridized carbons (Fsp3) is 0.444. The average molecular weight is 392 g/mol.